The summed E-state index contributed by atoms with van der Waals surface area (Å²) in [6.45, 7) is 2.83. The number of benzene rings is 2. The monoisotopic (exact) mass is 367 g/mol. The normalized spacial score (nSPS) is 10.2. The van der Waals surface area contributed by atoms with Gasteiger partial charge in [-0.3, -0.25) is 0 Å². The van der Waals surface area contributed by atoms with E-state index in [0.29, 0.717) is 23.7 Å². The van der Waals surface area contributed by atoms with Crippen molar-refractivity contribution in [2.24, 2.45) is 0 Å². The lowest BCUT2D eigenvalue weighted by molar-refractivity contribution is 0.0526. The van der Waals surface area contributed by atoms with Crippen LogP contribution < -0.4 is 5.32 Å². The van der Waals surface area contributed by atoms with Crippen molar-refractivity contribution in [3.63, 3.8) is 0 Å². The molecule has 2 aromatic carbocycles. The molecule has 0 fully saturated rings. The largest absolute Gasteiger partial charge is 0.462 e. The molecule has 3 nitrogen and oxygen atoms in total. The molecule has 5 heteroatoms. The second-order valence-electron chi connectivity index (χ2n) is 4.39. The fourth-order valence-corrected chi connectivity index (χ4v) is 2.62. The van der Waals surface area contributed by atoms with E-state index in [4.69, 9.17) is 16.3 Å². The maximum atomic E-state index is 11.6. The van der Waals surface area contributed by atoms with E-state index in [1.54, 1.807) is 19.1 Å². The van der Waals surface area contributed by atoms with Gasteiger partial charge in [0.15, 0.2) is 0 Å². The maximum Gasteiger partial charge on any atom is 0.338 e. The maximum absolute atomic E-state index is 11.6. The topological polar surface area (TPSA) is 38.3 Å². The fourth-order valence-electron chi connectivity index (χ4n) is 1.80. The molecule has 110 valence electrons. The van der Waals surface area contributed by atoms with Gasteiger partial charge in [0.05, 0.1) is 12.2 Å². The van der Waals surface area contributed by atoms with Crippen LogP contribution in [-0.4, -0.2) is 12.6 Å². The lowest BCUT2D eigenvalue weighted by Gasteiger charge is -2.09. The molecule has 0 atom stereocenters. The molecule has 2 rings (SSSR count). The van der Waals surface area contributed by atoms with E-state index in [1.165, 1.54) is 0 Å². The van der Waals surface area contributed by atoms with Crippen LogP contribution in [0.4, 0.5) is 5.69 Å². The second kappa shape index (κ2) is 7.48. The van der Waals surface area contributed by atoms with Crippen molar-refractivity contribution in [1.29, 1.82) is 0 Å². The van der Waals surface area contributed by atoms with Crippen molar-refractivity contribution in [3.05, 3.63) is 63.1 Å². The third-order valence-electron chi connectivity index (χ3n) is 2.89. The molecule has 0 unspecified atom stereocenters. The van der Waals surface area contributed by atoms with Crippen molar-refractivity contribution < 1.29 is 9.53 Å². The van der Waals surface area contributed by atoms with Crippen LogP contribution in [0.15, 0.2) is 46.9 Å². The zero-order valence-electron chi connectivity index (χ0n) is 11.5. The Morgan fingerprint density at radius 2 is 1.95 bits per heavy atom. The van der Waals surface area contributed by atoms with Crippen LogP contribution in [0.2, 0.25) is 5.02 Å². The summed E-state index contributed by atoms with van der Waals surface area (Å²) >= 11 is 9.40. The summed E-state index contributed by atoms with van der Waals surface area (Å²) in [5, 5.41) is 3.99. The minimum Gasteiger partial charge on any atom is -0.462 e. The highest BCUT2D eigenvalue weighted by molar-refractivity contribution is 9.10. The molecule has 2 aromatic rings. The SMILES string of the molecule is CCOC(=O)c1ccc(NCc2ccc(Cl)cc2Br)cc1. The average molecular weight is 369 g/mol. The molecule has 0 aliphatic heterocycles. The number of anilines is 1. The molecule has 0 aromatic heterocycles. The van der Waals surface area contributed by atoms with Gasteiger partial charge in [0, 0.05) is 21.7 Å². The number of hydrogen-bond donors (Lipinski definition) is 1. The quantitative estimate of drug-likeness (QED) is 0.764. The summed E-state index contributed by atoms with van der Waals surface area (Å²) in [6.07, 6.45) is 0. The minimum atomic E-state index is -0.301. The van der Waals surface area contributed by atoms with Crippen molar-refractivity contribution in [3.8, 4) is 0 Å². The summed E-state index contributed by atoms with van der Waals surface area (Å²) < 4.78 is 5.91. The molecule has 0 amide bonds. The van der Waals surface area contributed by atoms with Gasteiger partial charge in [-0.05, 0) is 48.9 Å². The standard InChI is InChI=1S/C16H15BrClNO2/c1-2-21-16(20)11-4-7-14(8-5-11)19-10-12-3-6-13(18)9-15(12)17/h3-9,19H,2,10H2,1H3. The van der Waals surface area contributed by atoms with Crippen LogP contribution in [0.1, 0.15) is 22.8 Å². The Kier molecular flexibility index (Phi) is 5.65. The molecule has 0 spiro atoms. The minimum absolute atomic E-state index is 0.301. The van der Waals surface area contributed by atoms with E-state index < -0.39 is 0 Å². The number of nitrogens with one attached hydrogen (secondary N) is 1. The van der Waals surface area contributed by atoms with E-state index in [0.717, 1.165) is 15.7 Å². The summed E-state index contributed by atoms with van der Waals surface area (Å²) in [6, 6.07) is 12.9. The molecule has 21 heavy (non-hydrogen) atoms. The van der Waals surface area contributed by atoms with Gasteiger partial charge >= 0.3 is 5.97 Å². The lowest BCUT2D eigenvalue weighted by atomic mass is 10.2. The Labute approximate surface area is 137 Å². The fraction of sp³-hybridized carbons (Fsp3) is 0.188. The first-order chi connectivity index (χ1) is 10.1. The third kappa shape index (κ3) is 4.48. The van der Waals surface area contributed by atoms with E-state index in [1.807, 2.05) is 30.3 Å². The second-order valence-corrected chi connectivity index (χ2v) is 5.68. The number of rotatable bonds is 5. The van der Waals surface area contributed by atoms with E-state index in [9.17, 15) is 4.79 Å². The predicted molar refractivity (Wildman–Crippen MR) is 88.9 cm³/mol. The van der Waals surface area contributed by atoms with Crippen LogP contribution in [0.5, 0.6) is 0 Å². The Balaban J connectivity index is 1.99. The zero-order valence-corrected chi connectivity index (χ0v) is 13.9. The smallest absolute Gasteiger partial charge is 0.338 e. The number of ether oxygens (including phenoxy) is 1. The van der Waals surface area contributed by atoms with E-state index >= 15 is 0 Å². The molecule has 1 N–H and O–H groups in total. The lowest BCUT2D eigenvalue weighted by Crippen LogP contribution is -2.05. The number of carbonyl (C=O) groups is 1. The molecule has 0 bridgehead atoms. The van der Waals surface area contributed by atoms with Gasteiger partial charge < -0.3 is 10.1 Å². The molecule has 0 radical (unpaired) electrons. The predicted octanol–water partition coefficient (Wildman–Crippen LogP) is 4.89. The first-order valence-corrected chi connectivity index (χ1v) is 7.72. The summed E-state index contributed by atoms with van der Waals surface area (Å²) in [5.41, 5.74) is 2.59. The van der Waals surface area contributed by atoms with Gasteiger partial charge in [0.25, 0.3) is 0 Å². The highest BCUT2D eigenvalue weighted by Gasteiger charge is 2.06. The Morgan fingerprint density at radius 3 is 2.57 bits per heavy atom. The van der Waals surface area contributed by atoms with Crippen LogP contribution in [0, 0.1) is 0 Å². The highest BCUT2D eigenvalue weighted by atomic mass is 79.9. The van der Waals surface area contributed by atoms with Crippen molar-refractivity contribution in [2.45, 2.75) is 13.5 Å². The number of hydrogen-bond acceptors (Lipinski definition) is 3. The van der Waals surface area contributed by atoms with Crippen molar-refractivity contribution in [1.82, 2.24) is 0 Å². The molecule has 0 aliphatic rings. The van der Waals surface area contributed by atoms with Crippen LogP contribution in [0.25, 0.3) is 0 Å². The van der Waals surface area contributed by atoms with Crippen LogP contribution in [0.3, 0.4) is 0 Å². The van der Waals surface area contributed by atoms with E-state index in [-0.39, 0.29) is 5.97 Å². The number of carbonyl (C=O) groups excluding carboxylic acids is 1. The Bertz CT molecular complexity index is 629. The van der Waals surface area contributed by atoms with Gasteiger partial charge in [-0.2, -0.15) is 0 Å². The molecule has 0 heterocycles. The molecular weight excluding hydrogens is 354 g/mol. The number of halogens is 2. The summed E-state index contributed by atoms with van der Waals surface area (Å²) in [4.78, 5) is 11.6. The van der Waals surface area contributed by atoms with E-state index in [2.05, 4.69) is 21.2 Å². The molecule has 0 aliphatic carbocycles. The highest BCUT2D eigenvalue weighted by Crippen LogP contribution is 2.22. The van der Waals surface area contributed by atoms with Gasteiger partial charge in [0.2, 0.25) is 0 Å². The Morgan fingerprint density at radius 1 is 1.24 bits per heavy atom. The van der Waals surface area contributed by atoms with Gasteiger partial charge in [0.1, 0.15) is 0 Å². The molecular formula is C16H15BrClNO2. The average Bonchev–Trinajstić information content (AvgIpc) is 2.47. The van der Waals surface area contributed by atoms with Gasteiger partial charge in [-0.15, -0.1) is 0 Å². The Hall–Kier alpha value is -1.52. The molecule has 0 saturated heterocycles. The summed E-state index contributed by atoms with van der Waals surface area (Å²) in [7, 11) is 0. The van der Waals surface area contributed by atoms with Crippen LogP contribution >= 0.6 is 27.5 Å². The first-order valence-electron chi connectivity index (χ1n) is 6.55. The zero-order chi connectivity index (χ0) is 15.2. The first kappa shape index (κ1) is 15.9. The van der Waals surface area contributed by atoms with Gasteiger partial charge in [-0.1, -0.05) is 33.6 Å². The van der Waals surface area contributed by atoms with Crippen molar-refractivity contribution >= 4 is 39.2 Å². The summed E-state index contributed by atoms with van der Waals surface area (Å²) in [5.74, 6) is -0.301. The van der Waals surface area contributed by atoms with Gasteiger partial charge in [-0.25, -0.2) is 4.79 Å². The third-order valence-corrected chi connectivity index (χ3v) is 3.87. The molecule has 0 saturated carbocycles. The van der Waals surface area contributed by atoms with Crippen molar-refractivity contribution in [2.75, 3.05) is 11.9 Å². The number of esters is 1. The van der Waals surface area contributed by atoms with Crippen LogP contribution in [-0.2, 0) is 11.3 Å².